The van der Waals surface area contributed by atoms with Crippen molar-refractivity contribution in [2.75, 3.05) is 18.6 Å². The van der Waals surface area contributed by atoms with E-state index in [4.69, 9.17) is 4.74 Å². The van der Waals surface area contributed by atoms with Crippen LogP contribution in [0, 0.1) is 0 Å². The van der Waals surface area contributed by atoms with Crippen LogP contribution < -0.4 is 9.64 Å². The molecule has 3 rings (SSSR count). The van der Waals surface area contributed by atoms with Crippen molar-refractivity contribution in [1.29, 1.82) is 0 Å². The van der Waals surface area contributed by atoms with Gasteiger partial charge in [-0.1, -0.05) is 0 Å². The molecule has 1 aliphatic heterocycles. The monoisotopic (exact) mass is 282 g/mol. The second-order valence-electron chi connectivity index (χ2n) is 4.19. The number of hydrogen-bond acceptors (Lipinski definition) is 3. The smallest absolute Gasteiger partial charge is 0.265 e. The van der Waals surface area contributed by atoms with Crippen molar-refractivity contribution in [3.63, 3.8) is 0 Å². The highest BCUT2D eigenvalue weighted by atomic mass is 79.9. The molecule has 1 saturated carbocycles. The summed E-state index contributed by atoms with van der Waals surface area (Å²) < 4.78 is 6.52. The zero-order valence-corrected chi connectivity index (χ0v) is 10.5. The number of amides is 1. The molecule has 1 aromatic heterocycles. The lowest BCUT2D eigenvalue weighted by Gasteiger charge is -2.26. The molecule has 0 spiro atoms. The number of likely N-dealkylation sites (N-methyl/N-ethyl adjacent to an activating group) is 1. The Morgan fingerprint density at radius 1 is 1.56 bits per heavy atom. The van der Waals surface area contributed by atoms with Gasteiger partial charge in [0.15, 0.2) is 18.2 Å². The minimum Gasteiger partial charge on any atom is -0.480 e. The molecule has 0 N–H and O–H groups in total. The van der Waals surface area contributed by atoms with E-state index in [1.807, 2.05) is 0 Å². The van der Waals surface area contributed by atoms with E-state index < -0.39 is 0 Å². The molecule has 0 saturated heterocycles. The summed E-state index contributed by atoms with van der Waals surface area (Å²) in [5.41, 5.74) is 1.17. The molecule has 0 atom stereocenters. The van der Waals surface area contributed by atoms with Gasteiger partial charge >= 0.3 is 0 Å². The van der Waals surface area contributed by atoms with Gasteiger partial charge in [0.2, 0.25) is 0 Å². The molecule has 0 aromatic carbocycles. The van der Waals surface area contributed by atoms with Crippen molar-refractivity contribution in [3.05, 3.63) is 16.2 Å². The first-order chi connectivity index (χ1) is 7.68. The fourth-order valence-electron chi connectivity index (χ4n) is 1.96. The Balaban J connectivity index is 2.16. The van der Waals surface area contributed by atoms with Gasteiger partial charge in [0.1, 0.15) is 0 Å². The number of rotatable bonds is 1. The predicted molar refractivity (Wildman–Crippen MR) is 62.8 cm³/mol. The highest BCUT2D eigenvalue weighted by Gasteiger charge is 2.34. The van der Waals surface area contributed by atoms with E-state index in [0.29, 0.717) is 11.7 Å². The maximum absolute atomic E-state index is 11.5. The number of pyridine rings is 1. The summed E-state index contributed by atoms with van der Waals surface area (Å²) >= 11 is 3.51. The number of carbonyl (C=O) groups is 1. The molecule has 1 amide bonds. The molecule has 1 fully saturated rings. The first-order valence-electron chi connectivity index (χ1n) is 5.26. The third-order valence-electron chi connectivity index (χ3n) is 3.02. The average molecular weight is 283 g/mol. The summed E-state index contributed by atoms with van der Waals surface area (Å²) in [5.74, 6) is 1.93. The number of aromatic nitrogens is 1. The van der Waals surface area contributed by atoms with Gasteiger partial charge in [-0.15, -0.1) is 0 Å². The van der Waals surface area contributed by atoms with Crippen LogP contribution in [0.5, 0.6) is 5.75 Å². The van der Waals surface area contributed by atoms with Crippen LogP contribution in [0.4, 0.5) is 5.82 Å². The summed E-state index contributed by atoms with van der Waals surface area (Å²) in [5, 5.41) is 0. The molecule has 2 aliphatic rings. The number of hydrogen-bond donors (Lipinski definition) is 0. The second-order valence-corrected chi connectivity index (χ2v) is 5.04. The highest BCUT2D eigenvalue weighted by Crippen LogP contribution is 2.50. The van der Waals surface area contributed by atoms with E-state index in [2.05, 4.69) is 20.9 Å². The van der Waals surface area contributed by atoms with Crippen molar-refractivity contribution in [2.45, 2.75) is 18.8 Å². The van der Waals surface area contributed by atoms with Gasteiger partial charge in [-0.3, -0.25) is 9.69 Å². The van der Waals surface area contributed by atoms with Gasteiger partial charge in [0.25, 0.3) is 5.91 Å². The predicted octanol–water partition coefficient (Wildman–Crippen LogP) is 2.08. The molecular formula is C11H11BrN2O2. The summed E-state index contributed by atoms with van der Waals surface area (Å²) in [7, 11) is 1.74. The minimum atomic E-state index is -0.0518. The second kappa shape index (κ2) is 3.45. The normalized spacial score (nSPS) is 19.4. The van der Waals surface area contributed by atoms with Gasteiger partial charge < -0.3 is 4.74 Å². The quantitative estimate of drug-likeness (QED) is 0.792. The molecular weight excluding hydrogens is 272 g/mol. The summed E-state index contributed by atoms with van der Waals surface area (Å²) in [6, 6.07) is 0. The topological polar surface area (TPSA) is 42.4 Å². The van der Waals surface area contributed by atoms with Crippen LogP contribution in [0.3, 0.4) is 0 Å². The number of anilines is 1. The van der Waals surface area contributed by atoms with Crippen LogP contribution >= 0.6 is 15.9 Å². The molecule has 16 heavy (non-hydrogen) atoms. The zero-order chi connectivity index (χ0) is 11.3. The molecule has 1 aromatic rings. The Morgan fingerprint density at radius 2 is 2.31 bits per heavy atom. The van der Waals surface area contributed by atoms with Crippen LogP contribution in [0.1, 0.15) is 24.3 Å². The standard InChI is InChI=1S/C11H11BrN2O2/c1-14-8(15)5-16-10-9(6-2-3-6)7(12)4-13-11(10)14/h4,6H,2-3,5H2,1H3. The van der Waals surface area contributed by atoms with Gasteiger partial charge in [0, 0.05) is 23.3 Å². The van der Waals surface area contributed by atoms with Crippen LogP contribution in [0.15, 0.2) is 10.7 Å². The largest absolute Gasteiger partial charge is 0.480 e. The highest BCUT2D eigenvalue weighted by molar-refractivity contribution is 9.10. The number of carbonyl (C=O) groups excluding carboxylic acids is 1. The molecule has 0 radical (unpaired) electrons. The molecule has 84 valence electrons. The lowest BCUT2D eigenvalue weighted by molar-refractivity contribution is -0.121. The lowest BCUT2D eigenvalue weighted by Crippen LogP contribution is -2.36. The Morgan fingerprint density at radius 3 is 3.00 bits per heavy atom. The van der Waals surface area contributed by atoms with Crippen LogP contribution in [0.2, 0.25) is 0 Å². The third-order valence-corrected chi connectivity index (χ3v) is 3.65. The van der Waals surface area contributed by atoms with Crippen molar-refractivity contribution >= 4 is 27.7 Å². The molecule has 4 nitrogen and oxygen atoms in total. The average Bonchev–Trinajstić information content (AvgIpc) is 3.07. The van der Waals surface area contributed by atoms with Crippen molar-refractivity contribution < 1.29 is 9.53 Å². The third kappa shape index (κ3) is 1.42. The van der Waals surface area contributed by atoms with Crippen molar-refractivity contribution in [3.8, 4) is 5.75 Å². The molecule has 1 aliphatic carbocycles. The zero-order valence-electron chi connectivity index (χ0n) is 8.86. The first kappa shape index (κ1) is 10.1. The van der Waals surface area contributed by atoms with Crippen molar-refractivity contribution in [1.82, 2.24) is 4.98 Å². The SMILES string of the molecule is CN1C(=O)COc2c1ncc(Br)c2C1CC1. The fraction of sp³-hybridized carbons (Fsp3) is 0.455. The Labute approximate surface area is 102 Å². The number of halogens is 1. The summed E-state index contributed by atoms with van der Waals surface area (Å²) in [6.07, 6.45) is 4.14. The van der Waals surface area contributed by atoms with Gasteiger partial charge in [-0.2, -0.15) is 0 Å². The fourth-order valence-corrected chi connectivity index (χ4v) is 2.56. The minimum absolute atomic E-state index is 0.0518. The summed E-state index contributed by atoms with van der Waals surface area (Å²) in [4.78, 5) is 17.3. The van der Waals surface area contributed by atoms with E-state index in [1.165, 1.54) is 18.4 Å². The molecule has 0 bridgehead atoms. The maximum Gasteiger partial charge on any atom is 0.265 e. The lowest BCUT2D eigenvalue weighted by atomic mass is 10.1. The van der Waals surface area contributed by atoms with Crippen LogP contribution in [0.25, 0.3) is 0 Å². The van der Waals surface area contributed by atoms with Gasteiger partial charge in [0.05, 0.1) is 0 Å². The number of ether oxygens (including phenoxy) is 1. The van der Waals surface area contributed by atoms with Gasteiger partial charge in [-0.25, -0.2) is 4.98 Å². The van der Waals surface area contributed by atoms with E-state index >= 15 is 0 Å². The summed E-state index contributed by atoms with van der Waals surface area (Å²) in [6.45, 7) is 0.112. The number of nitrogens with zero attached hydrogens (tertiary/aromatic N) is 2. The molecule has 0 unspecified atom stereocenters. The van der Waals surface area contributed by atoms with E-state index in [9.17, 15) is 4.79 Å². The van der Waals surface area contributed by atoms with E-state index in [1.54, 1.807) is 18.1 Å². The van der Waals surface area contributed by atoms with Crippen LogP contribution in [-0.2, 0) is 4.79 Å². The Hall–Kier alpha value is -1.10. The van der Waals surface area contributed by atoms with Crippen molar-refractivity contribution in [2.24, 2.45) is 0 Å². The first-order valence-corrected chi connectivity index (χ1v) is 6.05. The van der Waals surface area contributed by atoms with E-state index in [-0.39, 0.29) is 12.5 Å². The maximum atomic E-state index is 11.5. The molecule has 5 heteroatoms. The Bertz CT molecular complexity index is 471. The number of fused-ring (bicyclic) bond motifs is 1. The molecule has 2 heterocycles. The van der Waals surface area contributed by atoms with E-state index in [0.717, 1.165) is 10.2 Å². The van der Waals surface area contributed by atoms with Crippen LogP contribution in [-0.4, -0.2) is 24.5 Å². The van der Waals surface area contributed by atoms with Gasteiger partial charge in [-0.05, 0) is 34.7 Å². The Kier molecular flexibility index (Phi) is 2.17.